The van der Waals surface area contributed by atoms with E-state index in [-0.39, 0.29) is 5.60 Å². The van der Waals surface area contributed by atoms with Gasteiger partial charge in [-0.15, -0.1) is 11.3 Å². The second-order valence-electron chi connectivity index (χ2n) is 3.23. The van der Waals surface area contributed by atoms with E-state index >= 15 is 0 Å². The van der Waals surface area contributed by atoms with Crippen molar-refractivity contribution < 1.29 is 9.53 Å². The Morgan fingerprint density at radius 2 is 1.86 bits per heavy atom. The zero-order chi connectivity index (χ0) is 11.4. The molecular formula is C10H19NO2S. The van der Waals surface area contributed by atoms with Crippen LogP contribution >= 0.6 is 11.3 Å². The first-order chi connectivity index (χ1) is 6.47. The number of carbonyl (C=O) groups excluding carboxylic acids is 1. The SMILES string of the molecule is CC=O.COC(C)(C)C.c1cscn1. The van der Waals surface area contributed by atoms with Crippen LogP contribution in [0.4, 0.5) is 0 Å². The van der Waals surface area contributed by atoms with E-state index < -0.39 is 0 Å². The van der Waals surface area contributed by atoms with Crippen LogP contribution in [0.15, 0.2) is 17.1 Å². The fraction of sp³-hybridized carbons (Fsp3) is 0.600. The summed E-state index contributed by atoms with van der Waals surface area (Å²) in [6.45, 7) is 7.51. The van der Waals surface area contributed by atoms with Crippen LogP contribution in [0, 0.1) is 0 Å². The van der Waals surface area contributed by atoms with E-state index in [0.29, 0.717) is 0 Å². The van der Waals surface area contributed by atoms with E-state index in [1.807, 2.05) is 26.2 Å². The molecule has 14 heavy (non-hydrogen) atoms. The summed E-state index contributed by atoms with van der Waals surface area (Å²) < 4.78 is 4.94. The third-order valence-corrected chi connectivity index (χ3v) is 1.48. The zero-order valence-corrected chi connectivity index (χ0v) is 10.3. The second-order valence-corrected chi connectivity index (χ2v) is 3.98. The van der Waals surface area contributed by atoms with Crippen molar-refractivity contribution in [3.05, 3.63) is 17.1 Å². The standard InChI is InChI=1S/C5H12O.C3H3NS.C2H4O/c1-5(2,3)6-4;1-2-5-3-4-1;1-2-3/h1-4H3;1-3H;2H,1H3. The Kier molecular flexibility index (Phi) is 11.6. The molecule has 0 aliphatic rings. The molecule has 4 heteroatoms. The van der Waals surface area contributed by atoms with Crippen molar-refractivity contribution >= 4 is 17.6 Å². The Morgan fingerprint density at radius 3 is 1.93 bits per heavy atom. The largest absolute Gasteiger partial charge is 0.379 e. The highest BCUT2D eigenvalue weighted by atomic mass is 32.1. The van der Waals surface area contributed by atoms with Crippen molar-refractivity contribution in [2.45, 2.75) is 33.3 Å². The molecule has 3 nitrogen and oxygen atoms in total. The number of ether oxygens (including phenoxy) is 1. The second kappa shape index (κ2) is 10.3. The predicted molar refractivity (Wildman–Crippen MR) is 60.6 cm³/mol. The maximum atomic E-state index is 8.81. The van der Waals surface area contributed by atoms with Gasteiger partial charge in [-0.1, -0.05) is 0 Å². The van der Waals surface area contributed by atoms with Crippen LogP contribution in [0.2, 0.25) is 0 Å². The Hall–Kier alpha value is -0.740. The zero-order valence-electron chi connectivity index (χ0n) is 9.48. The number of aldehydes is 1. The fourth-order valence-corrected chi connectivity index (χ4v) is 0.527. The number of carbonyl (C=O) groups is 1. The summed E-state index contributed by atoms with van der Waals surface area (Å²) in [6, 6.07) is 0. The topological polar surface area (TPSA) is 39.2 Å². The van der Waals surface area contributed by atoms with E-state index in [2.05, 4.69) is 4.98 Å². The number of methoxy groups -OCH3 is 1. The summed E-state index contributed by atoms with van der Waals surface area (Å²) >= 11 is 1.60. The fourth-order valence-electron chi connectivity index (χ4n) is 0.176. The average molecular weight is 217 g/mol. The molecule has 0 saturated carbocycles. The molecule has 0 fully saturated rings. The minimum Gasteiger partial charge on any atom is -0.379 e. The van der Waals surface area contributed by atoms with Crippen LogP contribution in [-0.2, 0) is 9.53 Å². The molecule has 1 rings (SSSR count). The third-order valence-electron chi connectivity index (χ3n) is 0.960. The van der Waals surface area contributed by atoms with Gasteiger partial charge in [0.1, 0.15) is 6.29 Å². The third kappa shape index (κ3) is 22.5. The van der Waals surface area contributed by atoms with Crippen LogP contribution in [0.5, 0.6) is 0 Å². The average Bonchev–Trinajstić information content (AvgIpc) is 2.61. The van der Waals surface area contributed by atoms with Crippen molar-refractivity contribution in [1.29, 1.82) is 0 Å². The molecule has 0 radical (unpaired) electrons. The molecule has 1 heterocycles. The molecule has 0 bridgehead atoms. The van der Waals surface area contributed by atoms with Crippen LogP contribution in [0.3, 0.4) is 0 Å². The van der Waals surface area contributed by atoms with Crippen molar-refractivity contribution in [2.24, 2.45) is 0 Å². The van der Waals surface area contributed by atoms with Gasteiger partial charge in [0.05, 0.1) is 11.1 Å². The smallest absolute Gasteiger partial charge is 0.116 e. The van der Waals surface area contributed by atoms with Crippen molar-refractivity contribution in [3.63, 3.8) is 0 Å². The summed E-state index contributed by atoms with van der Waals surface area (Å²) in [4.78, 5) is 12.5. The summed E-state index contributed by atoms with van der Waals surface area (Å²) in [7, 11) is 1.71. The Morgan fingerprint density at radius 1 is 1.43 bits per heavy atom. The maximum Gasteiger partial charge on any atom is 0.116 e. The Labute approximate surface area is 90.1 Å². The highest BCUT2D eigenvalue weighted by Crippen LogP contribution is 2.02. The van der Waals surface area contributed by atoms with Crippen molar-refractivity contribution in [3.8, 4) is 0 Å². The molecule has 0 spiro atoms. The van der Waals surface area contributed by atoms with Gasteiger partial charge in [-0.2, -0.15) is 0 Å². The Bertz CT molecular complexity index is 175. The van der Waals surface area contributed by atoms with Crippen LogP contribution in [-0.4, -0.2) is 24.0 Å². The lowest BCUT2D eigenvalue weighted by molar-refractivity contribution is -0.106. The molecule has 0 aromatic carbocycles. The van der Waals surface area contributed by atoms with Gasteiger partial charge in [0, 0.05) is 18.7 Å². The molecular weight excluding hydrogens is 198 g/mol. The first-order valence-electron chi connectivity index (χ1n) is 4.25. The van der Waals surface area contributed by atoms with E-state index in [1.165, 1.54) is 6.92 Å². The molecule has 82 valence electrons. The lowest BCUT2D eigenvalue weighted by Gasteiger charge is -2.14. The number of hydrogen-bond donors (Lipinski definition) is 0. The molecule has 0 saturated heterocycles. The van der Waals surface area contributed by atoms with Crippen LogP contribution < -0.4 is 0 Å². The summed E-state index contributed by atoms with van der Waals surface area (Å²) in [6.07, 6.45) is 2.52. The molecule has 1 aromatic heterocycles. The molecule has 0 unspecified atom stereocenters. The van der Waals surface area contributed by atoms with Gasteiger partial charge in [-0.25, -0.2) is 0 Å². The number of thiazole rings is 1. The van der Waals surface area contributed by atoms with Crippen LogP contribution in [0.1, 0.15) is 27.7 Å². The molecule has 1 aromatic rings. The minimum atomic E-state index is 0.0417. The van der Waals surface area contributed by atoms with Crippen molar-refractivity contribution in [2.75, 3.05) is 7.11 Å². The molecule has 0 atom stereocenters. The van der Waals surface area contributed by atoms with E-state index in [1.54, 1.807) is 30.2 Å². The Balaban J connectivity index is 0. The number of aromatic nitrogens is 1. The van der Waals surface area contributed by atoms with Gasteiger partial charge in [0.2, 0.25) is 0 Å². The van der Waals surface area contributed by atoms with Gasteiger partial charge in [-0.3, -0.25) is 4.98 Å². The molecule has 0 N–H and O–H groups in total. The lowest BCUT2D eigenvalue weighted by Crippen LogP contribution is -2.15. The highest BCUT2D eigenvalue weighted by molar-refractivity contribution is 7.07. The van der Waals surface area contributed by atoms with Gasteiger partial charge < -0.3 is 9.53 Å². The quantitative estimate of drug-likeness (QED) is 0.627. The van der Waals surface area contributed by atoms with Gasteiger partial charge in [0.15, 0.2) is 0 Å². The highest BCUT2D eigenvalue weighted by Gasteiger charge is 2.03. The first kappa shape index (κ1) is 15.7. The normalized spacial score (nSPS) is 8.93. The summed E-state index contributed by atoms with van der Waals surface area (Å²) in [5.74, 6) is 0. The lowest BCUT2D eigenvalue weighted by atomic mass is 10.2. The predicted octanol–water partition coefficient (Wildman–Crippen LogP) is 2.78. The molecule has 0 aliphatic carbocycles. The first-order valence-corrected chi connectivity index (χ1v) is 5.19. The monoisotopic (exact) mass is 217 g/mol. The van der Waals surface area contributed by atoms with Crippen LogP contribution in [0.25, 0.3) is 0 Å². The number of nitrogens with zero attached hydrogens (tertiary/aromatic N) is 1. The van der Waals surface area contributed by atoms with E-state index in [4.69, 9.17) is 9.53 Å². The maximum absolute atomic E-state index is 8.81. The minimum absolute atomic E-state index is 0.0417. The van der Waals surface area contributed by atoms with Crippen molar-refractivity contribution in [1.82, 2.24) is 4.98 Å². The van der Waals surface area contributed by atoms with Gasteiger partial charge >= 0.3 is 0 Å². The van der Waals surface area contributed by atoms with E-state index in [9.17, 15) is 0 Å². The summed E-state index contributed by atoms with van der Waals surface area (Å²) in [5, 5.41) is 1.93. The molecule has 0 amide bonds. The summed E-state index contributed by atoms with van der Waals surface area (Å²) in [5.41, 5.74) is 1.83. The number of hydrogen-bond acceptors (Lipinski definition) is 4. The van der Waals surface area contributed by atoms with E-state index in [0.717, 1.165) is 6.29 Å². The van der Waals surface area contributed by atoms with Gasteiger partial charge in [0.25, 0.3) is 0 Å². The molecule has 0 aliphatic heterocycles. The number of rotatable bonds is 0. The van der Waals surface area contributed by atoms with Gasteiger partial charge in [-0.05, 0) is 27.7 Å².